The van der Waals surface area contributed by atoms with Gasteiger partial charge in [-0.2, -0.15) is 0 Å². The highest BCUT2D eigenvalue weighted by Gasteiger charge is 2.39. The summed E-state index contributed by atoms with van der Waals surface area (Å²) in [6.07, 6.45) is 2.63. The monoisotopic (exact) mass is 241 g/mol. The second-order valence-corrected chi connectivity index (χ2v) is 5.33. The summed E-state index contributed by atoms with van der Waals surface area (Å²) >= 11 is 2.05. The fourth-order valence-electron chi connectivity index (χ4n) is 2.64. The summed E-state index contributed by atoms with van der Waals surface area (Å²) in [5.41, 5.74) is 2.12. The van der Waals surface area contributed by atoms with Crippen LogP contribution in [-0.4, -0.2) is 18.8 Å². The van der Waals surface area contributed by atoms with Crippen LogP contribution in [0.3, 0.4) is 0 Å². The van der Waals surface area contributed by atoms with Crippen LogP contribution in [0, 0.1) is 0 Å². The van der Waals surface area contributed by atoms with Crippen LogP contribution in [0.4, 0.5) is 0 Å². The lowest BCUT2D eigenvalue weighted by molar-refractivity contribution is 0.343. The highest BCUT2D eigenvalue weighted by Crippen LogP contribution is 2.48. The molecule has 0 radical (unpaired) electrons. The Morgan fingerprint density at radius 2 is 1.87 bits per heavy atom. The Hall–Kier alpha value is -0.180. The van der Waals surface area contributed by atoms with Crippen LogP contribution in [0.25, 0.3) is 0 Å². The van der Waals surface area contributed by atoms with Gasteiger partial charge in [-0.25, -0.2) is 0 Å². The molecule has 0 atom stereocenters. The van der Waals surface area contributed by atoms with Crippen molar-refractivity contribution in [3.8, 4) is 0 Å². The van der Waals surface area contributed by atoms with E-state index in [4.69, 9.17) is 0 Å². The van der Waals surface area contributed by atoms with E-state index >= 15 is 0 Å². The molecule has 1 saturated heterocycles. The average Bonchev–Trinajstić information content (AvgIpc) is 2.60. The number of fused-ring (bicyclic) bond motifs is 2. The molecule has 2 heterocycles. The Bertz CT molecular complexity index is 342. The maximum absolute atomic E-state index is 3.46. The Morgan fingerprint density at radius 1 is 1.13 bits per heavy atom. The van der Waals surface area contributed by atoms with Gasteiger partial charge in [0.2, 0.25) is 0 Å². The van der Waals surface area contributed by atoms with Crippen molar-refractivity contribution >= 4 is 24.2 Å². The summed E-state index contributed by atoms with van der Waals surface area (Å²) in [6, 6.07) is 8.96. The minimum Gasteiger partial charge on any atom is -0.317 e. The quantitative estimate of drug-likeness (QED) is 0.750. The van der Waals surface area contributed by atoms with Crippen LogP contribution in [0.1, 0.15) is 18.4 Å². The third kappa shape index (κ3) is 1.79. The average molecular weight is 242 g/mol. The zero-order chi connectivity index (χ0) is 9.43. The molecule has 3 heteroatoms. The second-order valence-electron chi connectivity index (χ2n) is 4.32. The van der Waals surface area contributed by atoms with Gasteiger partial charge >= 0.3 is 0 Å². The smallest absolute Gasteiger partial charge is 0.0110 e. The molecular weight excluding hydrogens is 226 g/mol. The topological polar surface area (TPSA) is 12.0 Å². The number of hydrogen-bond acceptors (Lipinski definition) is 2. The van der Waals surface area contributed by atoms with E-state index in [-0.39, 0.29) is 12.4 Å². The van der Waals surface area contributed by atoms with Crippen molar-refractivity contribution in [1.82, 2.24) is 5.32 Å². The van der Waals surface area contributed by atoms with Gasteiger partial charge in [0.1, 0.15) is 0 Å². The number of benzene rings is 1. The van der Waals surface area contributed by atoms with Gasteiger partial charge in [-0.15, -0.1) is 24.2 Å². The lowest BCUT2D eigenvalue weighted by Crippen LogP contribution is -2.39. The molecular formula is C12H16ClNS. The molecule has 1 fully saturated rings. The number of thioether (sulfide) groups is 1. The summed E-state index contributed by atoms with van der Waals surface area (Å²) in [6.45, 7) is 2.38. The fourth-order valence-corrected chi connectivity index (χ4v) is 4.13. The number of hydrogen-bond donors (Lipinski definition) is 1. The SMILES string of the molecule is Cl.c1ccc2c(c1)SCC21CCNCC1. The van der Waals surface area contributed by atoms with Gasteiger partial charge in [0.25, 0.3) is 0 Å². The van der Waals surface area contributed by atoms with E-state index in [2.05, 4.69) is 29.6 Å². The summed E-state index contributed by atoms with van der Waals surface area (Å²) in [5.74, 6) is 1.30. The van der Waals surface area contributed by atoms with Gasteiger partial charge in [-0.05, 0) is 37.6 Å². The lowest BCUT2D eigenvalue weighted by Gasteiger charge is -2.34. The van der Waals surface area contributed by atoms with Crippen molar-refractivity contribution in [2.75, 3.05) is 18.8 Å². The van der Waals surface area contributed by atoms with Crippen LogP contribution < -0.4 is 5.32 Å². The number of halogens is 1. The van der Waals surface area contributed by atoms with Gasteiger partial charge in [0, 0.05) is 16.1 Å². The normalized spacial score (nSPS) is 22.1. The van der Waals surface area contributed by atoms with Crippen LogP contribution in [0.15, 0.2) is 29.2 Å². The zero-order valence-corrected chi connectivity index (χ0v) is 10.3. The van der Waals surface area contributed by atoms with Crippen molar-refractivity contribution in [1.29, 1.82) is 0 Å². The Labute approximate surface area is 101 Å². The van der Waals surface area contributed by atoms with Crippen molar-refractivity contribution in [3.63, 3.8) is 0 Å². The Morgan fingerprint density at radius 3 is 2.67 bits per heavy atom. The molecule has 0 aliphatic carbocycles. The minimum absolute atomic E-state index is 0. The third-order valence-corrected chi connectivity index (χ3v) is 4.89. The predicted octanol–water partition coefficient (Wildman–Crippen LogP) is 2.84. The molecule has 2 aliphatic heterocycles. The lowest BCUT2D eigenvalue weighted by atomic mass is 9.75. The number of piperidine rings is 1. The summed E-state index contributed by atoms with van der Waals surface area (Å²) < 4.78 is 0. The molecule has 82 valence electrons. The van der Waals surface area contributed by atoms with Crippen LogP contribution in [-0.2, 0) is 5.41 Å². The third-order valence-electron chi connectivity index (χ3n) is 3.52. The minimum atomic E-state index is 0. The molecule has 2 aliphatic rings. The molecule has 1 aromatic carbocycles. The molecule has 1 spiro atoms. The molecule has 15 heavy (non-hydrogen) atoms. The van der Waals surface area contributed by atoms with Crippen molar-refractivity contribution in [3.05, 3.63) is 29.8 Å². The molecule has 0 bridgehead atoms. The molecule has 0 aromatic heterocycles. The largest absolute Gasteiger partial charge is 0.317 e. The summed E-state index contributed by atoms with van der Waals surface area (Å²) in [5, 5.41) is 3.46. The maximum atomic E-state index is 3.46. The molecule has 1 nitrogen and oxygen atoms in total. The first-order valence-electron chi connectivity index (χ1n) is 5.34. The van der Waals surface area contributed by atoms with Crippen molar-refractivity contribution in [2.45, 2.75) is 23.2 Å². The summed E-state index contributed by atoms with van der Waals surface area (Å²) in [4.78, 5) is 1.52. The zero-order valence-electron chi connectivity index (χ0n) is 8.66. The van der Waals surface area contributed by atoms with Crippen LogP contribution in [0.2, 0.25) is 0 Å². The number of rotatable bonds is 0. The predicted molar refractivity (Wildman–Crippen MR) is 68.2 cm³/mol. The highest BCUT2D eigenvalue weighted by molar-refractivity contribution is 7.99. The maximum Gasteiger partial charge on any atom is 0.0110 e. The van der Waals surface area contributed by atoms with Crippen LogP contribution >= 0.6 is 24.2 Å². The Balaban J connectivity index is 0.000000853. The first-order valence-corrected chi connectivity index (χ1v) is 6.32. The summed E-state index contributed by atoms with van der Waals surface area (Å²) in [7, 11) is 0. The molecule has 3 rings (SSSR count). The second kappa shape index (κ2) is 4.36. The molecule has 0 unspecified atom stereocenters. The highest BCUT2D eigenvalue weighted by atomic mass is 35.5. The van der Waals surface area contributed by atoms with Crippen molar-refractivity contribution in [2.24, 2.45) is 0 Å². The van der Waals surface area contributed by atoms with Gasteiger partial charge in [-0.1, -0.05) is 18.2 Å². The van der Waals surface area contributed by atoms with E-state index in [9.17, 15) is 0 Å². The van der Waals surface area contributed by atoms with Gasteiger partial charge in [0.15, 0.2) is 0 Å². The first kappa shape index (κ1) is 11.3. The number of nitrogens with one attached hydrogen (secondary N) is 1. The first-order chi connectivity index (χ1) is 6.91. The molecule has 0 saturated carbocycles. The van der Waals surface area contributed by atoms with Crippen molar-refractivity contribution < 1.29 is 0 Å². The van der Waals surface area contributed by atoms with E-state index < -0.39 is 0 Å². The van der Waals surface area contributed by atoms with Gasteiger partial charge in [0.05, 0.1) is 0 Å². The van der Waals surface area contributed by atoms with Crippen LogP contribution in [0.5, 0.6) is 0 Å². The molecule has 1 aromatic rings. The van der Waals surface area contributed by atoms with Gasteiger partial charge in [-0.3, -0.25) is 0 Å². The van der Waals surface area contributed by atoms with E-state index in [0.717, 1.165) is 0 Å². The molecule has 1 N–H and O–H groups in total. The van der Waals surface area contributed by atoms with E-state index in [1.165, 1.54) is 36.6 Å². The Kier molecular flexibility index (Phi) is 3.29. The van der Waals surface area contributed by atoms with E-state index in [1.54, 1.807) is 5.56 Å². The van der Waals surface area contributed by atoms with Gasteiger partial charge < -0.3 is 5.32 Å². The fraction of sp³-hybridized carbons (Fsp3) is 0.500. The standard InChI is InChI=1S/C12H15NS.ClH/c1-2-4-11-10(3-1)12(9-14-11)5-7-13-8-6-12;/h1-4,13H,5-9H2;1H. The van der Waals surface area contributed by atoms with E-state index in [1.807, 2.05) is 11.8 Å². The molecule has 0 amide bonds. The van der Waals surface area contributed by atoms with E-state index in [0.29, 0.717) is 5.41 Å².